The van der Waals surface area contributed by atoms with Gasteiger partial charge in [0.2, 0.25) is 0 Å². The maximum Gasteiger partial charge on any atom is 0 e. The third-order valence-corrected chi connectivity index (χ3v) is 8.51. The molecular weight excluding hydrogens is 817 g/mol. The van der Waals surface area contributed by atoms with Crippen LogP contribution in [-0.2, 0) is 25.8 Å². The Kier molecular flexibility index (Phi) is 28.5. The molecule has 4 aromatic carbocycles. The molecule has 0 spiro atoms. The molecule has 7 nitrogen and oxygen atoms in total. The van der Waals surface area contributed by atoms with Crippen LogP contribution in [0.3, 0.4) is 0 Å². The zero-order valence-electron chi connectivity index (χ0n) is 34.0. The average Bonchev–Trinajstić information content (AvgIpc) is 3.13. The first kappa shape index (κ1) is 49.9. The van der Waals surface area contributed by atoms with Gasteiger partial charge in [0.15, 0.2) is 0 Å². The molecule has 0 aliphatic rings. The Balaban J connectivity index is 0.000000752. The molecule has 0 fully saturated rings. The van der Waals surface area contributed by atoms with E-state index in [1.807, 2.05) is 97.6 Å². The van der Waals surface area contributed by atoms with E-state index < -0.39 is 6.29 Å². The summed E-state index contributed by atoms with van der Waals surface area (Å²) in [4.78, 5) is 4.32. The number of aryl methyl sites for hydroxylation is 4. The minimum absolute atomic E-state index is 0. The van der Waals surface area contributed by atoms with Crippen LogP contribution in [-0.4, -0.2) is 61.6 Å². The summed E-state index contributed by atoms with van der Waals surface area (Å²) in [5, 5.41) is 14.3. The first-order chi connectivity index (χ1) is 25.0. The van der Waals surface area contributed by atoms with Crippen LogP contribution in [0.25, 0.3) is 21.7 Å². The topological polar surface area (TPSA) is 98.6 Å². The van der Waals surface area contributed by atoms with Gasteiger partial charge in [-0.05, 0) is 66.8 Å². The van der Waals surface area contributed by atoms with Gasteiger partial charge in [0.25, 0.3) is 0 Å². The first-order valence-corrected chi connectivity index (χ1v) is 18.9. The van der Waals surface area contributed by atoms with Crippen molar-refractivity contribution in [2.75, 3.05) is 39.3 Å². The first-order valence-electron chi connectivity index (χ1n) is 18.9. The number of hydrogen-bond donors (Lipinski definition) is 1. The SMILES string of the molecule is CCN(CC)C([N-]CCCCCN)[N-]c1c(C)cccc1C.CCN(CC)C([NH-])[N-]c1c(C)cccc1C.[CH2-]c1ccccc1.[CH2-]c1ccccc1.[Hf]. The van der Waals surface area contributed by atoms with E-state index >= 15 is 0 Å². The zero-order chi connectivity index (χ0) is 38.7. The van der Waals surface area contributed by atoms with E-state index in [9.17, 15) is 0 Å². The van der Waals surface area contributed by atoms with Crippen LogP contribution in [0.5, 0.6) is 0 Å². The van der Waals surface area contributed by atoms with Crippen molar-refractivity contribution >= 4 is 11.4 Å². The molecule has 2 unspecified atom stereocenters. The summed E-state index contributed by atoms with van der Waals surface area (Å²) in [5.74, 6) is 0. The van der Waals surface area contributed by atoms with Crippen LogP contribution in [0.4, 0.5) is 11.4 Å². The molecule has 0 radical (unpaired) electrons. The van der Waals surface area contributed by atoms with Crippen LogP contribution in [0.15, 0.2) is 97.1 Å². The van der Waals surface area contributed by atoms with E-state index in [2.05, 4.69) is 83.8 Å². The van der Waals surface area contributed by atoms with Gasteiger partial charge in [-0.2, -0.15) is 61.8 Å². The molecule has 8 heteroatoms. The molecule has 292 valence electrons. The molecule has 2 atom stereocenters. The Bertz CT molecular complexity index is 1370. The van der Waals surface area contributed by atoms with Crippen LogP contribution < -0.4 is 5.73 Å². The predicted octanol–water partition coefficient (Wildman–Crippen LogP) is 12.2. The van der Waals surface area contributed by atoms with Gasteiger partial charge in [0.1, 0.15) is 0 Å². The monoisotopic (exact) mass is 885 g/mol. The Morgan fingerprint density at radius 3 is 1.30 bits per heavy atom. The normalized spacial score (nSPS) is 11.4. The van der Waals surface area contributed by atoms with Crippen molar-refractivity contribution < 1.29 is 25.8 Å². The van der Waals surface area contributed by atoms with E-state index in [0.717, 1.165) is 92.2 Å². The van der Waals surface area contributed by atoms with E-state index in [0.29, 0.717) is 0 Å². The summed E-state index contributed by atoms with van der Waals surface area (Å²) >= 11 is 0. The number of para-hydroxylation sites is 2. The van der Waals surface area contributed by atoms with Gasteiger partial charge in [0, 0.05) is 25.8 Å². The minimum Gasteiger partial charge on any atom is -0.687 e. The van der Waals surface area contributed by atoms with Gasteiger partial charge < -0.3 is 37.2 Å². The quantitative estimate of drug-likeness (QED) is 0.0689. The molecule has 53 heavy (non-hydrogen) atoms. The Morgan fingerprint density at radius 1 is 0.566 bits per heavy atom. The fourth-order valence-corrected chi connectivity index (χ4v) is 5.29. The number of hydrogen-bond acceptors (Lipinski definition) is 3. The Hall–Kier alpha value is -3.11. The van der Waals surface area contributed by atoms with Crippen LogP contribution in [0.1, 0.15) is 80.3 Å². The second-order valence-corrected chi connectivity index (χ2v) is 12.6. The van der Waals surface area contributed by atoms with Gasteiger partial charge in [-0.25, -0.2) is 0 Å². The zero-order valence-corrected chi connectivity index (χ0v) is 37.6. The molecule has 4 aromatic rings. The van der Waals surface area contributed by atoms with Crippen molar-refractivity contribution in [3.8, 4) is 0 Å². The van der Waals surface area contributed by atoms with Crippen molar-refractivity contribution in [2.24, 2.45) is 5.73 Å². The molecule has 0 amide bonds. The van der Waals surface area contributed by atoms with Crippen molar-refractivity contribution in [3.63, 3.8) is 0 Å². The van der Waals surface area contributed by atoms with Gasteiger partial charge in [-0.3, -0.25) is 0 Å². The van der Waals surface area contributed by atoms with E-state index in [-0.39, 0.29) is 32.1 Å². The van der Waals surface area contributed by atoms with E-state index in [1.165, 1.54) is 11.1 Å². The Morgan fingerprint density at radius 2 is 0.962 bits per heavy atom. The molecule has 3 N–H and O–H groups in total. The van der Waals surface area contributed by atoms with Crippen molar-refractivity contribution in [1.29, 1.82) is 0 Å². The Labute approximate surface area is 343 Å². The van der Waals surface area contributed by atoms with Crippen molar-refractivity contribution in [1.82, 2.24) is 9.80 Å². The maximum atomic E-state index is 8.02. The van der Waals surface area contributed by atoms with Gasteiger partial charge in [-0.15, -0.1) is 42.2 Å². The molecule has 0 saturated heterocycles. The molecule has 0 aromatic heterocycles. The maximum absolute atomic E-state index is 8.02. The largest absolute Gasteiger partial charge is 0.687 e. The molecule has 0 bridgehead atoms. The summed E-state index contributed by atoms with van der Waals surface area (Å²) in [6.07, 6.45) is 2.76. The number of nitrogens with one attached hydrogen (secondary N) is 1. The number of benzene rings is 4. The third kappa shape index (κ3) is 20.8. The molecule has 0 aliphatic heterocycles. The minimum atomic E-state index is -0.491. The predicted molar refractivity (Wildman–Crippen MR) is 229 cm³/mol. The van der Waals surface area contributed by atoms with Crippen molar-refractivity contribution in [2.45, 2.75) is 87.2 Å². The summed E-state index contributed by atoms with van der Waals surface area (Å²) in [6, 6.07) is 32.2. The standard InChI is InChI=1S/C18H32N4.C13H21N3.2C7H7.Hf/c1-5-22(6-2)18(20-14-9-7-8-13-19)21-17-15(3)11-10-12-16(17)4;1-5-16(6-2)13(14)15-12-10(3)8-7-9-11(12)4;2*1-7-5-3-2-4-6-7;/h10-12,18H,5-9,13-14,19H2,1-4H3;7-9,13-14H,5-6H2,1-4H3;2*2-6H,1H2;/q2*-2;2*-1;. The van der Waals surface area contributed by atoms with Crippen LogP contribution in [0.2, 0.25) is 0 Å². The smallest absolute Gasteiger partial charge is 0 e. The summed E-state index contributed by atoms with van der Waals surface area (Å²) in [5.41, 5.74) is 22.5. The van der Waals surface area contributed by atoms with Crippen LogP contribution in [0, 0.1) is 41.5 Å². The van der Waals surface area contributed by atoms with E-state index in [1.54, 1.807) is 0 Å². The van der Waals surface area contributed by atoms with Crippen molar-refractivity contribution in [3.05, 3.63) is 166 Å². The van der Waals surface area contributed by atoms with Gasteiger partial charge in [0.05, 0.1) is 0 Å². The second kappa shape index (κ2) is 30.2. The molecule has 0 heterocycles. The fraction of sp³-hybridized carbons (Fsp3) is 0.422. The molecule has 0 saturated carbocycles. The van der Waals surface area contributed by atoms with E-state index in [4.69, 9.17) is 22.1 Å². The number of nitrogens with zero attached hydrogens (tertiary/aromatic N) is 5. The molecule has 4 rings (SSSR count). The number of unbranched alkanes of at least 4 members (excludes halogenated alkanes) is 2. The molecular formula is C45H67HfN7-6. The second-order valence-electron chi connectivity index (χ2n) is 12.6. The number of rotatable bonds is 16. The summed E-state index contributed by atoms with van der Waals surface area (Å²) in [7, 11) is 0. The third-order valence-electron chi connectivity index (χ3n) is 8.51. The van der Waals surface area contributed by atoms with Crippen LogP contribution >= 0.6 is 0 Å². The molecule has 0 aliphatic carbocycles. The summed E-state index contributed by atoms with van der Waals surface area (Å²) < 4.78 is 0. The fourth-order valence-electron chi connectivity index (χ4n) is 5.29. The van der Waals surface area contributed by atoms with Gasteiger partial charge >= 0.3 is 0 Å². The van der Waals surface area contributed by atoms with Gasteiger partial charge in [-0.1, -0.05) is 111 Å². The summed E-state index contributed by atoms with van der Waals surface area (Å²) in [6.45, 7) is 29.5. The number of nitrogens with two attached hydrogens (primary N) is 1. The average molecular weight is 885 g/mol.